The summed E-state index contributed by atoms with van der Waals surface area (Å²) in [6, 6.07) is 6.62. The lowest BCUT2D eigenvalue weighted by atomic mass is 10.3. The van der Waals surface area contributed by atoms with Crippen molar-refractivity contribution in [3.8, 4) is 0 Å². The predicted octanol–water partition coefficient (Wildman–Crippen LogP) is 1.66. The van der Waals surface area contributed by atoms with E-state index in [1.807, 2.05) is 6.92 Å². The van der Waals surface area contributed by atoms with Gasteiger partial charge in [0.05, 0.1) is 22.9 Å². The van der Waals surface area contributed by atoms with Gasteiger partial charge in [-0.15, -0.1) is 0 Å². The minimum absolute atomic E-state index is 0.0395. The van der Waals surface area contributed by atoms with Crippen molar-refractivity contribution in [3.05, 3.63) is 24.3 Å². The number of sulfone groups is 1. The van der Waals surface area contributed by atoms with Crippen LogP contribution >= 0.6 is 0 Å². The van der Waals surface area contributed by atoms with Gasteiger partial charge in [-0.2, -0.15) is 0 Å². The van der Waals surface area contributed by atoms with Gasteiger partial charge >= 0.3 is 0 Å². The van der Waals surface area contributed by atoms with Crippen LogP contribution in [0, 0.1) is 0 Å². The standard InChI is InChI=1S/C12H19NO3S/c1-3-8-17(15,16)12-7-5-4-6-11(12)13-10(2)9-14/h4-7,10,13-14H,3,8-9H2,1-2H3. The van der Waals surface area contributed by atoms with E-state index in [0.29, 0.717) is 17.0 Å². The summed E-state index contributed by atoms with van der Waals surface area (Å²) in [6.45, 7) is 3.59. The molecule has 0 amide bonds. The number of anilines is 1. The number of hydrogen-bond acceptors (Lipinski definition) is 4. The van der Waals surface area contributed by atoms with E-state index in [1.165, 1.54) is 0 Å². The molecule has 1 atom stereocenters. The Hall–Kier alpha value is -1.07. The van der Waals surface area contributed by atoms with Crippen molar-refractivity contribution in [1.82, 2.24) is 0 Å². The summed E-state index contributed by atoms with van der Waals surface area (Å²) in [6.07, 6.45) is 0.590. The summed E-state index contributed by atoms with van der Waals surface area (Å²) in [4.78, 5) is 0.308. The molecule has 0 heterocycles. The van der Waals surface area contributed by atoms with Gasteiger partial charge in [-0.3, -0.25) is 0 Å². The summed E-state index contributed by atoms with van der Waals surface area (Å²) in [5.74, 6) is 0.138. The number of hydrogen-bond donors (Lipinski definition) is 2. The number of para-hydroxylation sites is 1. The Kier molecular flexibility index (Phi) is 4.96. The third-order valence-electron chi connectivity index (χ3n) is 2.37. The van der Waals surface area contributed by atoms with E-state index in [9.17, 15) is 8.42 Å². The van der Waals surface area contributed by atoms with E-state index in [1.54, 1.807) is 31.2 Å². The normalized spacial score (nSPS) is 13.4. The van der Waals surface area contributed by atoms with Gasteiger partial charge < -0.3 is 10.4 Å². The molecule has 0 aliphatic rings. The third-order valence-corrected chi connectivity index (χ3v) is 4.34. The Morgan fingerprint density at radius 3 is 2.59 bits per heavy atom. The van der Waals surface area contributed by atoms with Crippen LogP contribution < -0.4 is 5.32 Å². The zero-order valence-electron chi connectivity index (χ0n) is 10.2. The summed E-state index contributed by atoms with van der Waals surface area (Å²) >= 11 is 0. The van der Waals surface area contributed by atoms with Crippen LogP contribution in [0.5, 0.6) is 0 Å². The molecule has 96 valence electrons. The van der Waals surface area contributed by atoms with Gasteiger partial charge in [0.1, 0.15) is 0 Å². The van der Waals surface area contributed by atoms with Crippen molar-refractivity contribution in [2.24, 2.45) is 0 Å². The summed E-state index contributed by atoms with van der Waals surface area (Å²) in [7, 11) is -3.24. The molecule has 0 bridgehead atoms. The number of aliphatic hydroxyl groups excluding tert-OH is 1. The molecule has 0 saturated carbocycles. The van der Waals surface area contributed by atoms with Gasteiger partial charge in [-0.05, 0) is 25.5 Å². The molecule has 4 nitrogen and oxygen atoms in total. The lowest BCUT2D eigenvalue weighted by Gasteiger charge is -2.16. The third kappa shape index (κ3) is 3.71. The first-order valence-corrected chi connectivity index (χ1v) is 7.35. The summed E-state index contributed by atoms with van der Waals surface area (Å²) < 4.78 is 24.0. The van der Waals surface area contributed by atoms with Crippen molar-refractivity contribution in [2.75, 3.05) is 17.7 Å². The summed E-state index contributed by atoms with van der Waals surface area (Å²) in [5, 5.41) is 12.0. The van der Waals surface area contributed by atoms with Crippen LogP contribution in [0.2, 0.25) is 0 Å². The zero-order valence-corrected chi connectivity index (χ0v) is 11.0. The summed E-state index contributed by atoms with van der Waals surface area (Å²) in [5.41, 5.74) is 0.558. The molecule has 0 radical (unpaired) electrons. The Morgan fingerprint density at radius 2 is 2.00 bits per heavy atom. The van der Waals surface area contributed by atoms with Crippen LogP contribution in [0.25, 0.3) is 0 Å². The topological polar surface area (TPSA) is 66.4 Å². The van der Waals surface area contributed by atoms with E-state index in [4.69, 9.17) is 5.11 Å². The smallest absolute Gasteiger partial charge is 0.180 e. The van der Waals surface area contributed by atoms with Crippen molar-refractivity contribution < 1.29 is 13.5 Å². The molecule has 1 aromatic carbocycles. The first-order chi connectivity index (χ1) is 8.01. The average molecular weight is 257 g/mol. The van der Waals surface area contributed by atoms with Crippen molar-refractivity contribution >= 4 is 15.5 Å². The highest BCUT2D eigenvalue weighted by Crippen LogP contribution is 2.23. The van der Waals surface area contributed by atoms with E-state index < -0.39 is 9.84 Å². The fourth-order valence-electron chi connectivity index (χ4n) is 1.55. The Balaban J connectivity index is 3.08. The highest BCUT2D eigenvalue weighted by atomic mass is 32.2. The van der Waals surface area contributed by atoms with Crippen LogP contribution in [-0.4, -0.2) is 31.9 Å². The van der Waals surface area contributed by atoms with Crippen LogP contribution in [0.15, 0.2) is 29.2 Å². The van der Waals surface area contributed by atoms with E-state index >= 15 is 0 Å². The second-order valence-electron chi connectivity index (χ2n) is 4.04. The van der Waals surface area contributed by atoms with Gasteiger partial charge in [0, 0.05) is 6.04 Å². The zero-order chi connectivity index (χ0) is 12.9. The largest absolute Gasteiger partial charge is 0.394 e. The van der Waals surface area contributed by atoms with Gasteiger partial charge in [-0.25, -0.2) is 8.42 Å². The van der Waals surface area contributed by atoms with Crippen LogP contribution in [0.3, 0.4) is 0 Å². The minimum Gasteiger partial charge on any atom is -0.394 e. The molecule has 1 unspecified atom stereocenters. The molecule has 2 N–H and O–H groups in total. The maximum atomic E-state index is 12.0. The monoisotopic (exact) mass is 257 g/mol. The first-order valence-electron chi connectivity index (χ1n) is 5.70. The molecule has 1 rings (SSSR count). The van der Waals surface area contributed by atoms with Crippen molar-refractivity contribution in [3.63, 3.8) is 0 Å². The highest BCUT2D eigenvalue weighted by molar-refractivity contribution is 7.91. The maximum absolute atomic E-state index is 12.0. The fraction of sp³-hybridized carbons (Fsp3) is 0.500. The quantitative estimate of drug-likeness (QED) is 0.813. The van der Waals surface area contributed by atoms with Gasteiger partial charge in [0.2, 0.25) is 0 Å². The fourth-order valence-corrected chi connectivity index (χ4v) is 3.05. The van der Waals surface area contributed by atoms with Gasteiger partial charge in [0.25, 0.3) is 0 Å². The van der Waals surface area contributed by atoms with E-state index in [-0.39, 0.29) is 18.4 Å². The lowest BCUT2D eigenvalue weighted by Crippen LogP contribution is -2.21. The Labute approximate surface area is 103 Å². The number of aliphatic hydroxyl groups is 1. The molecular formula is C12H19NO3S. The van der Waals surface area contributed by atoms with Crippen LogP contribution in [0.1, 0.15) is 20.3 Å². The molecule has 5 heteroatoms. The number of rotatable bonds is 6. The second kappa shape index (κ2) is 6.02. The molecule has 1 aromatic rings. The molecule has 17 heavy (non-hydrogen) atoms. The molecule has 0 aliphatic heterocycles. The minimum atomic E-state index is -3.24. The van der Waals surface area contributed by atoms with Crippen LogP contribution in [0.4, 0.5) is 5.69 Å². The molecule has 0 fully saturated rings. The Bertz CT molecular complexity index is 457. The average Bonchev–Trinajstić information content (AvgIpc) is 2.29. The van der Waals surface area contributed by atoms with Crippen molar-refractivity contribution in [2.45, 2.75) is 31.2 Å². The second-order valence-corrected chi connectivity index (χ2v) is 6.12. The molecule has 0 aliphatic carbocycles. The van der Waals surface area contributed by atoms with Gasteiger partial charge in [0.15, 0.2) is 9.84 Å². The van der Waals surface area contributed by atoms with E-state index in [2.05, 4.69) is 5.32 Å². The number of nitrogens with one attached hydrogen (secondary N) is 1. The van der Waals surface area contributed by atoms with E-state index in [0.717, 1.165) is 0 Å². The molecule has 0 aromatic heterocycles. The Morgan fingerprint density at radius 1 is 1.35 bits per heavy atom. The molecular weight excluding hydrogens is 238 g/mol. The number of benzene rings is 1. The highest BCUT2D eigenvalue weighted by Gasteiger charge is 2.17. The van der Waals surface area contributed by atoms with Crippen LogP contribution in [-0.2, 0) is 9.84 Å². The predicted molar refractivity (Wildman–Crippen MR) is 69.0 cm³/mol. The molecule has 0 saturated heterocycles. The van der Waals surface area contributed by atoms with Crippen molar-refractivity contribution in [1.29, 1.82) is 0 Å². The lowest BCUT2D eigenvalue weighted by molar-refractivity contribution is 0.281. The first kappa shape index (κ1) is 14.0. The molecule has 0 spiro atoms. The van der Waals surface area contributed by atoms with Gasteiger partial charge in [-0.1, -0.05) is 19.1 Å². The SMILES string of the molecule is CCCS(=O)(=O)c1ccccc1NC(C)CO. The maximum Gasteiger partial charge on any atom is 0.180 e.